The Bertz CT molecular complexity index is 1140. The molecule has 2 aromatic carbocycles. The summed E-state index contributed by atoms with van der Waals surface area (Å²) in [6, 6.07) is 13.8. The van der Waals surface area contributed by atoms with Crippen molar-refractivity contribution in [2.45, 2.75) is 24.0 Å². The molecule has 0 bridgehead atoms. The second kappa shape index (κ2) is 8.27. The number of hydrogen-bond donors (Lipinski definition) is 1. The Hall–Kier alpha value is -2.82. The fourth-order valence-corrected chi connectivity index (χ4v) is 5.45. The third-order valence-electron chi connectivity index (χ3n) is 5.41. The molecular weight excluding hydrogens is 442 g/mol. The number of aliphatic hydroxyl groups excluding tert-OH is 1. The molecule has 4 rings (SSSR count). The van der Waals surface area contributed by atoms with Crippen LogP contribution in [0, 0.1) is 0 Å². The Balaban J connectivity index is 1.46. The average Bonchev–Trinajstić information content (AvgIpc) is 3.32. The lowest BCUT2D eigenvalue weighted by molar-refractivity contribution is -0.160. The topological polar surface area (TPSA) is 87.2 Å². The summed E-state index contributed by atoms with van der Waals surface area (Å²) in [7, 11) is -4.10. The van der Waals surface area contributed by atoms with Gasteiger partial charge >= 0.3 is 6.11 Å². The molecule has 2 heterocycles. The minimum Gasteiger partial charge on any atom is -0.431 e. The SMILES string of the molecule is CC(F)(F)Oc1ccccc1S(=O)(=O)N1CC2=C(CN(C(=O)[C@H](O)c3ccccc3)C2)C1. The number of amides is 1. The fourth-order valence-electron chi connectivity index (χ4n) is 3.90. The summed E-state index contributed by atoms with van der Waals surface area (Å²) >= 11 is 0. The van der Waals surface area contributed by atoms with Gasteiger partial charge in [-0.15, -0.1) is 0 Å². The first-order chi connectivity index (χ1) is 15.1. The molecular formula is C22H22F2N2O5S. The molecule has 0 aromatic heterocycles. The predicted molar refractivity (Wildman–Crippen MR) is 111 cm³/mol. The molecule has 10 heteroatoms. The summed E-state index contributed by atoms with van der Waals surface area (Å²) in [5, 5.41) is 10.4. The van der Waals surface area contributed by atoms with Gasteiger partial charge in [0.15, 0.2) is 6.10 Å². The van der Waals surface area contributed by atoms with Crippen LogP contribution in [0.3, 0.4) is 0 Å². The minimum atomic E-state index is -4.10. The lowest BCUT2D eigenvalue weighted by Crippen LogP contribution is -2.38. The predicted octanol–water partition coefficient (Wildman–Crippen LogP) is 2.55. The third kappa shape index (κ3) is 4.38. The summed E-state index contributed by atoms with van der Waals surface area (Å²) < 4.78 is 58.7. The number of benzene rings is 2. The molecule has 1 atom stereocenters. The average molecular weight is 464 g/mol. The van der Waals surface area contributed by atoms with Crippen molar-refractivity contribution in [3.63, 3.8) is 0 Å². The molecule has 7 nitrogen and oxygen atoms in total. The van der Waals surface area contributed by atoms with Gasteiger partial charge in [0, 0.05) is 33.1 Å². The lowest BCUT2D eigenvalue weighted by Gasteiger charge is -2.25. The highest BCUT2D eigenvalue weighted by atomic mass is 32.2. The van der Waals surface area contributed by atoms with E-state index in [4.69, 9.17) is 0 Å². The van der Waals surface area contributed by atoms with Crippen LogP contribution in [-0.2, 0) is 14.8 Å². The van der Waals surface area contributed by atoms with Crippen molar-refractivity contribution in [2.24, 2.45) is 0 Å². The second-order valence-corrected chi connectivity index (χ2v) is 9.75. The minimum absolute atomic E-state index is 0.0414. The summed E-state index contributed by atoms with van der Waals surface area (Å²) in [6.07, 6.45) is -4.83. The van der Waals surface area contributed by atoms with Crippen LogP contribution in [0.15, 0.2) is 70.6 Å². The van der Waals surface area contributed by atoms with Crippen LogP contribution in [0.1, 0.15) is 18.6 Å². The second-order valence-electron chi connectivity index (χ2n) is 7.84. The van der Waals surface area contributed by atoms with Crippen molar-refractivity contribution < 1.29 is 31.8 Å². The number of nitrogens with zero attached hydrogens (tertiary/aromatic N) is 2. The van der Waals surface area contributed by atoms with Gasteiger partial charge in [-0.2, -0.15) is 13.1 Å². The van der Waals surface area contributed by atoms with Crippen molar-refractivity contribution in [1.29, 1.82) is 0 Å². The maximum atomic E-state index is 13.4. The number of aliphatic hydroxyl groups is 1. The molecule has 2 aromatic rings. The zero-order chi connectivity index (χ0) is 23.1. The number of sulfonamides is 1. The van der Waals surface area contributed by atoms with E-state index in [0.29, 0.717) is 12.5 Å². The maximum Gasteiger partial charge on any atom is 0.394 e. The summed E-state index contributed by atoms with van der Waals surface area (Å²) in [6.45, 7) is 1.03. The van der Waals surface area contributed by atoms with Crippen molar-refractivity contribution in [3.05, 3.63) is 71.3 Å². The van der Waals surface area contributed by atoms with Crippen LogP contribution in [0.4, 0.5) is 8.78 Å². The van der Waals surface area contributed by atoms with Crippen molar-refractivity contribution in [1.82, 2.24) is 9.21 Å². The van der Waals surface area contributed by atoms with Gasteiger partial charge in [-0.25, -0.2) is 8.42 Å². The van der Waals surface area contributed by atoms with Gasteiger partial charge in [0.25, 0.3) is 5.91 Å². The zero-order valence-corrected chi connectivity index (χ0v) is 18.1. The molecule has 32 heavy (non-hydrogen) atoms. The molecule has 0 unspecified atom stereocenters. The van der Waals surface area contributed by atoms with Crippen LogP contribution >= 0.6 is 0 Å². The van der Waals surface area contributed by atoms with Crippen molar-refractivity contribution >= 4 is 15.9 Å². The molecule has 0 radical (unpaired) electrons. The van der Waals surface area contributed by atoms with E-state index in [1.165, 1.54) is 33.5 Å². The summed E-state index contributed by atoms with van der Waals surface area (Å²) in [5.74, 6) is -0.876. The van der Waals surface area contributed by atoms with E-state index in [0.717, 1.165) is 11.1 Å². The number of rotatable bonds is 6. The molecule has 2 aliphatic heterocycles. The first-order valence-electron chi connectivity index (χ1n) is 9.94. The van der Waals surface area contributed by atoms with Gasteiger partial charge in [-0.3, -0.25) is 4.79 Å². The smallest absolute Gasteiger partial charge is 0.394 e. The van der Waals surface area contributed by atoms with Gasteiger partial charge in [-0.05, 0) is 28.8 Å². The fraction of sp³-hybridized carbons (Fsp3) is 0.318. The van der Waals surface area contributed by atoms with Crippen molar-refractivity contribution in [2.75, 3.05) is 26.2 Å². The van der Waals surface area contributed by atoms with E-state index >= 15 is 0 Å². The van der Waals surface area contributed by atoms with E-state index in [1.54, 1.807) is 30.3 Å². The van der Waals surface area contributed by atoms with E-state index in [1.807, 2.05) is 0 Å². The normalized spacial score (nSPS) is 18.1. The molecule has 2 aliphatic rings. The van der Waals surface area contributed by atoms with E-state index < -0.39 is 33.9 Å². The maximum absolute atomic E-state index is 13.4. The van der Waals surface area contributed by atoms with Crippen LogP contribution in [0.5, 0.6) is 5.75 Å². The number of carbonyl (C=O) groups is 1. The first-order valence-corrected chi connectivity index (χ1v) is 11.4. The Labute approximate surface area is 184 Å². The first kappa shape index (κ1) is 22.4. The standard InChI is InChI=1S/C22H22F2N2O5S/c1-22(23,24)31-18-9-5-6-10-19(18)32(29,30)26-13-16-11-25(12-17(16)14-26)21(28)20(27)15-7-3-2-4-8-15/h2-10,20,27H,11-14H2,1H3/t20-/m1/s1. The van der Waals surface area contributed by atoms with E-state index in [-0.39, 0.29) is 31.1 Å². The molecule has 0 saturated heterocycles. The van der Waals surface area contributed by atoms with Crippen LogP contribution < -0.4 is 4.74 Å². The van der Waals surface area contributed by atoms with Crippen molar-refractivity contribution in [3.8, 4) is 5.75 Å². The van der Waals surface area contributed by atoms with Crippen LogP contribution in [0.2, 0.25) is 0 Å². The Morgan fingerprint density at radius 1 is 1.00 bits per heavy atom. The summed E-state index contributed by atoms with van der Waals surface area (Å²) in [4.78, 5) is 13.8. The van der Waals surface area contributed by atoms with Gasteiger partial charge in [0.05, 0.1) is 0 Å². The number of ether oxygens (including phenoxy) is 1. The number of para-hydroxylation sites is 1. The highest BCUT2D eigenvalue weighted by Gasteiger charge is 2.40. The largest absolute Gasteiger partial charge is 0.431 e. The molecule has 0 aliphatic carbocycles. The number of carbonyl (C=O) groups excluding carboxylic acids is 1. The summed E-state index contributed by atoms with van der Waals surface area (Å²) in [5.41, 5.74) is 2.01. The van der Waals surface area contributed by atoms with Crippen LogP contribution in [-0.4, -0.2) is 60.9 Å². The lowest BCUT2D eigenvalue weighted by atomic mass is 10.1. The Morgan fingerprint density at radius 3 is 2.16 bits per heavy atom. The van der Waals surface area contributed by atoms with Gasteiger partial charge in [0.1, 0.15) is 10.6 Å². The number of halogens is 2. The highest BCUT2D eigenvalue weighted by molar-refractivity contribution is 7.89. The van der Waals surface area contributed by atoms with Gasteiger partial charge < -0.3 is 14.7 Å². The molecule has 1 N–H and O–H groups in total. The Kier molecular flexibility index (Phi) is 5.78. The molecule has 0 saturated carbocycles. The molecule has 0 spiro atoms. The highest BCUT2D eigenvalue weighted by Crippen LogP contribution is 2.35. The Morgan fingerprint density at radius 2 is 1.56 bits per heavy atom. The number of alkyl halides is 2. The quantitative estimate of drug-likeness (QED) is 0.664. The van der Waals surface area contributed by atoms with E-state index in [2.05, 4.69) is 4.74 Å². The van der Waals surface area contributed by atoms with Crippen LogP contribution in [0.25, 0.3) is 0 Å². The molecule has 0 fully saturated rings. The van der Waals surface area contributed by atoms with Gasteiger partial charge in [0.2, 0.25) is 10.0 Å². The van der Waals surface area contributed by atoms with Gasteiger partial charge in [-0.1, -0.05) is 42.5 Å². The molecule has 1 amide bonds. The third-order valence-corrected chi connectivity index (χ3v) is 7.25. The van der Waals surface area contributed by atoms with E-state index in [9.17, 15) is 27.1 Å². The zero-order valence-electron chi connectivity index (χ0n) is 17.2. The monoisotopic (exact) mass is 464 g/mol. The number of hydrogen-bond acceptors (Lipinski definition) is 5. The molecule has 170 valence electrons.